The maximum atomic E-state index is 4.51. The molecule has 11 rings (SSSR count). The molecule has 0 fully saturated rings. The molecule has 0 aliphatic carbocycles. The second-order valence-corrected chi connectivity index (χ2v) is 14.5. The van der Waals surface area contributed by atoms with Gasteiger partial charge in [0.25, 0.3) is 0 Å². The lowest BCUT2D eigenvalue weighted by molar-refractivity contribution is 1.17. The highest BCUT2D eigenvalue weighted by molar-refractivity contribution is 6.22. The summed E-state index contributed by atoms with van der Waals surface area (Å²) in [5, 5.41) is 12.4. The third-order valence-corrected chi connectivity index (χ3v) is 11.3. The highest BCUT2D eigenvalue weighted by Gasteiger charge is 2.18. The van der Waals surface area contributed by atoms with Crippen LogP contribution in [0.5, 0.6) is 0 Å². The number of para-hydroxylation sites is 1. The van der Waals surface area contributed by atoms with Crippen molar-refractivity contribution in [1.82, 2.24) is 9.55 Å². The van der Waals surface area contributed by atoms with Gasteiger partial charge in [-0.05, 0) is 132 Å². The number of benzene rings is 9. The number of pyridine rings is 1. The summed E-state index contributed by atoms with van der Waals surface area (Å²) >= 11 is 0. The lowest BCUT2D eigenvalue weighted by Gasteiger charge is -2.19. The summed E-state index contributed by atoms with van der Waals surface area (Å²) in [6.07, 6.45) is 3.87. The maximum Gasteiger partial charge on any atom is 0.0571 e. The fraction of sp³-hybridized carbons (Fsp3) is 0.0192. The van der Waals surface area contributed by atoms with Crippen LogP contribution in [0.2, 0.25) is 0 Å². The van der Waals surface area contributed by atoms with Gasteiger partial charge < -0.3 is 4.57 Å². The summed E-state index contributed by atoms with van der Waals surface area (Å²) in [5.74, 6) is 0. The molecule has 2 heterocycles. The molecule has 252 valence electrons. The van der Waals surface area contributed by atoms with E-state index in [0.717, 1.165) is 16.6 Å². The van der Waals surface area contributed by atoms with E-state index in [-0.39, 0.29) is 0 Å². The molecule has 2 aromatic heterocycles. The highest BCUT2D eigenvalue weighted by atomic mass is 15.0. The summed E-state index contributed by atoms with van der Waals surface area (Å²) in [6, 6.07) is 64.8. The number of aromatic nitrogens is 2. The van der Waals surface area contributed by atoms with Gasteiger partial charge in [-0.3, -0.25) is 4.98 Å². The van der Waals surface area contributed by atoms with Crippen LogP contribution in [0.15, 0.2) is 188 Å². The van der Waals surface area contributed by atoms with Crippen molar-refractivity contribution >= 4 is 64.9 Å². The average molecular weight is 687 g/mol. The van der Waals surface area contributed by atoms with Gasteiger partial charge in [0.05, 0.1) is 11.0 Å². The fourth-order valence-corrected chi connectivity index (χ4v) is 8.74. The molecule has 0 unspecified atom stereocenters. The topological polar surface area (TPSA) is 17.8 Å². The monoisotopic (exact) mass is 686 g/mol. The number of fused-ring (bicyclic) bond motifs is 7. The summed E-state index contributed by atoms with van der Waals surface area (Å²) < 4.78 is 2.33. The van der Waals surface area contributed by atoms with Crippen molar-refractivity contribution in [1.29, 1.82) is 0 Å². The Hall–Kier alpha value is -7.03. The van der Waals surface area contributed by atoms with Crippen LogP contribution in [0, 0.1) is 6.92 Å². The Balaban J connectivity index is 1.06. The van der Waals surface area contributed by atoms with Gasteiger partial charge in [0.1, 0.15) is 0 Å². The van der Waals surface area contributed by atoms with Gasteiger partial charge >= 0.3 is 0 Å². The van der Waals surface area contributed by atoms with Crippen LogP contribution in [-0.2, 0) is 0 Å². The molecule has 2 nitrogen and oxygen atoms in total. The first-order chi connectivity index (χ1) is 26.7. The molecule has 54 heavy (non-hydrogen) atoms. The van der Waals surface area contributed by atoms with Crippen LogP contribution in [0.25, 0.3) is 104 Å². The van der Waals surface area contributed by atoms with Gasteiger partial charge in [-0.25, -0.2) is 0 Å². The molecule has 0 spiro atoms. The van der Waals surface area contributed by atoms with Crippen LogP contribution in [0.1, 0.15) is 5.56 Å². The zero-order valence-electron chi connectivity index (χ0n) is 29.8. The molecule has 0 saturated heterocycles. The van der Waals surface area contributed by atoms with E-state index in [2.05, 4.69) is 192 Å². The minimum absolute atomic E-state index is 1.15. The fourth-order valence-electron chi connectivity index (χ4n) is 8.74. The van der Waals surface area contributed by atoms with E-state index in [9.17, 15) is 0 Å². The molecule has 0 aliphatic heterocycles. The number of nitrogens with zero attached hydrogens (tertiary/aromatic N) is 2. The molecule has 9 aromatic carbocycles. The molecular formula is C52H34N2. The second kappa shape index (κ2) is 12.0. The molecule has 0 radical (unpaired) electrons. The molecule has 0 N–H and O–H groups in total. The molecule has 0 aliphatic rings. The first-order valence-corrected chi connectivity index (χ1v) is 18.6. The quantitative estimate of drug-likeness (QED) is 0.169. The Kier molecular flexibility index (Phi) is 6.80. The number of aryl methyl sites for hydroxylation is 1. The van der Waals surface area contributed by atoms with Crippen LogP contribution < -0.4 is 0 Å². The van der Waals surface area contributed by atoms with E-state index < -0.39 is 0 Å². The average Bonchev–Trinajstić information content (AvgIpc) is 3.56. The minimum Gasteiger partial charge on any atom is -0.309 e. The van der Waals surface area contributed by atoms with E-state index in [1.54, 1.807) is 0 Å². The number of rotatable bonds is 4. The van der Waals surface area contributed by atoms with Crippen LogP contribution in [-0.4, -0.2) is 9.55 Å². The van der Waals surface area contributed by atoms with Gasteiger partial charge in [-0.15, -0.1) is 0 Å². The Morgan fingerprint density at radius 2 is 0.926 bits per heavy atom. The van der Waals surface area contributed by atoms with Gasteiger partial charge in [-0.1, -0.05) is 133 Å². The summed E-state index contributed by atoms with van der Waals surface area (Å²) in [4.78, 5) is 4.51. The van der Waals surface area contributed by atoms with Crippen molar-refractivity contribution < 1.29 is 0 Å². The Morgan fingerprint density at radius 3 is 1.70 bits per heavy atom. The molecular weight excluding hydrogens is 653 g/mol. The van der Waals surface area contributed by atoms with Gasteiger partial charge in [0.2, 0.25) is 0 Å². The summed E-state index contributed by atoms with van der Waals surface area (Å²) in [7, 11) is 0. The smallest absolute Gasteiger partial charge is 0.0571 e. The predicted molar refractivity (Wildman–Crippen MR) is 230 cm³/mol. The van der Waals surface area contributed by atoms with Crippen LogP contribution in [0.3, 0.4) is 0 Å². The lowest BCUT2D eigenvalue weighted by Crippen LogP contribution is -1.93. The van der Waals surface area contributed by atoms with Gasteiger partial charge in [0.15, 0.2) is 0 Å². The standard InChI is InChI=1S/C52H34N2/c1-33-15-23-45-47(27-33)52(41-20-16-34-9-5-6-10-35(34)29-41)44-14-8-7-13-43(44)51(45)40-21-19-36-28-37(17-18-38(36)30-40)39-22-24-49-46(31-39)48-32-53-26-25-50(48)54(49)42-11-3-2-4-12-42/h2-32H,1H3. The molecule has 11 aromatic rings. The Labute approximate surface area is 313 Å². The Bertz CT molecular complexity index is 3280. The first-order valence-electron chi connectivity index (χ1n) is 18.6. The van der Waals surface area contributed by atoms with Crippen molar-refractivity contribution in [3.63, 3.8) is 0 Å². The molecule has 2 heteroatoms. The number of hydrogen-bond donors (Lipinski definition) is 0. The van der Waals surface area contributed by atoms with Crippen molar-refractivity contribution in [2.24, 2.45) is 0 Å². The van der Waals surface area contributed by atoms with Crippen molar-refractivity contribution in [2.75, 3.05) is 0 Å². The van der Waals surface area contributed by atoms with Gasteiger partial charge in [0, 0.05) is 28.9 Å². The van der Waals surface area contributed by atoms with E-state index in [4.69, 9.17) is 0 Å². The highest BCUT2D eigenvalue weighted by Crippen LogP contribution is 2.45. The van der Waals surface area contributed by atoms with Crippen molar-refractivity contribution in [3.8, 4) is 39.1 Å². The van der Waals surface area contributed by atoms with E-state index in [1.807, 2.05) is 12.4 Å². The molecule has 0 amide bonds. The maximum absolute atomic E-state index is 4.51. The molecule has 0 saturated carbocycles. The second-order valence-electron chi connectivity index (χ2n) is 14.5. The van der Waals surface area contributed by atoms with E-state index >= 15 is 0 Å². The van der Waals surface area contributed by atoms with Crippen molar-refractivity contribution in [2.45, 2.75) is 6.92 Å². The summed E-state index contributed by atoms with van der Waals surface area (Å²) in [6.45, 7) is 2.20. The zero-order valence-corrected chi connectivity index (χ0v) is 29.8. The van der Waals surface area contributed by atoms with Gasteiger partial charge in [-0.2, -0.15) is 0 Å². The van der Waals surface area contributed by atoms with E-state index in [1.165, 1.54) is 92.9 Å². The largest absolute Gasteiger partial charge is 0.309 e. The van der Waals surface area contributed by atoms with E-state index in [0.29, 0.717) is 0 Å². The third-order valence-electron chi connectivity index (χ3n) is 11.3. The first kappa shape index (κ1) is 30.6. The number of hydrogen-bond acceptors (Lipinski definition) is 1. The minimum atomic E-state index is 1.15. The van der Waals surface area contributed by atoms with Crippen LogP contribution >= 0.6 is 0 Å². The summed E-state index contributed by atoms with van der Waals surface area (Å²) in [5.41, 5.74) is 12.2. The lowest BCUT2D eigenvalue weighted by atomic mass is 9.84. The van der Waals surface area contributed by atoms with Crippen LogP contribution in [0.4, 0.5) is 0 Å². The normalized spacial score (nSPS) is 11.8. The van der Waals surface area contributed by atoms with Crippen molar-refractivity contribution in [3.05, 3.63) is 194 Å². The molecule has 0 bridgehead atoms. The predicted octanol–water partition coefficient (Wildman–Crippen LogP) is 14.1. The Morgan fingerprint density at radius 1 is 0.370 bits per heavy atom. The SMILES string of the molecule is Cc1ccc2c(-c3ccc4cc(-c5ccc6c(c5)c5cnccc5n6-c5ccccc5)ccc4c3)c3ccccc3c(-c3ccc4ccccc4c3)c2c1. The third kappa shape index (κ3) is 4.77. The zero-order chi connectivity index (χ0) is 35.8. The molecule has 0 atom stereocenters.